The fraction of sp³-hybridized carbons (Fsp3) is 0.636. The van der Waals surface area contributed by atoms with Crippen molar-refractivity contribution < 1.29 is 0 Å². The van der Waals surface area contributed by atoms with E-state index < -0.39 is 0 Å². The Morgan fingerprint density at radius 2 is 2.15 bits per heavy atom. The van der Waals surface area contributed by atoms with Gasteiger partial charge in [0.1, 0.15) is 0 Å². The molecule has 0 amide bonds. The maximum atomic E-state index is 3.42. The first-order valence-electron chi connectivity index (χ1n) is 4.90. The molecule has 0 aromatic carbocycles. The number of hydrogen-bond donors (Lipinski definition) is 1. The van der Waals surface area contributed by atoms with Crippen LogP contribution in [-0.2, 0) is 18.4 Å². The van der Waals surface area contributed by atoms with Gasteiger partial charge in [0.05, 0.1) is 0 Å². The minimum absolute atomic E-state index is 0.321. The maximum absolute atomic E-state index is 3.42. The molecule has 1 aliphatic rings. The fourth-order valence-corrected chi connectivity index (χ4v) is 2.86. The van der Waals surface area contributed by atoms with Crippen molar-refractivity contribution in [2.45, 2.75) is 39.2 Å². The van der Waals surface area contributed by atoms with E-state index in [1.165, 1.54) is 11.3 Å². The van der Waals surface area contributed by atoms with Gasteiger partial charge in [-0.15, -0.1) is 11.3 Å². The molecule has 1 N–H and O–H groups in total. The van der Waals surface area contributed by atoms with E-state index in [1.807, 2.05) is 11.3 Å². The molecule has 1 aliphatic heterocycles. The van der Waals surface area contributed by atoms with Crippen LogP contribution in [0.5, 0.6) is 0 Å². The predicted molar refractivity (Wildman–Crippen MR) is 58.4 cm³/mol. The molecule has 0 saturated heterocycles. The van der Waals surface area contributed by atoms with Gasteiger partial charge in [-0.25, -0.2) is 0 Å². The van der Waals surface area contributed by atoms with Gasteiger partial charge in [0.25, 0.3) is 0 Å². The maximum Gasteiger partial charge on any atom is 0.0302 e. The van der Waals surface area contributed by atoms with Crippen LogP contribution in [0.25, 0.3) is 0 Å². The fourth-order valence-electron chi connectivity index (χ4n) is 1.62. The smallest absolute Gasteiger partial charge is 0.0302 e. The Morgan fingerprint density at radius 3 is 2.77 bits per heavy atom. The summed E-state index contributed by atoms with van der Waals surface area (Å²) in [5, 5.41) is 3.42. The zero-order chi connectivity index (χ0) is 9.47. The number of nitrogens with one attached hydrogen (secondary N) is 1. The van der Waals surface area contributed by atoms with Crippen LogP contribution in [0.3, 0.4) is 0 Å². The van der Waals surface area contributed by atoms with Crippen LogP contribution >= 0.6 is 11.3 Å². The van der Waals surface area contributed by atoms with Gasteiger partial charge < -0.3 is 5.32 Å². The van der Waals surface area contributed by atoms with Crippen molar-refractivity contribution in [3.05, 3.63) is 21.4 Å². The molecule has 0 bridgehead atoms. The second-order valence-corrected chi connectivity index (χ2v) is 5.87. The summed E-state index contributed by atoms with van der Waals surface area (Å²) in [6.07, 6.45) is 1.21. The topological polar surface area (TPSA) is 12.0 Å². The largest absolute Gasteiger partial charge is 0.312 e. The molecular weight excluding hydrogens is 178 g/mol. The van der Waals surface area contributed by atoms with E-state index in [0.29, 0.717) is 5.41 Å². The van der Waals surface area contributed by atoms with Gasteiger partial charge in [-0.1, -0.05) is 20.8 Å². The monoisotopic (exact) mass is 195 g/mol. The average molecular weight is 195 g/mol. The Morgan fingerprint density at radius 1 is 1.38 bits per heavy atom. The SMILES string of the molecule is CC(C)(C)c1cc2c(s1)CNCC2. The van der Waals surface area contributed by atoms with Gasteiger partial charge in [-0.3, -0.25) is 0 Å². The van der Waals surface area contributed by atoms with Crippen molar-refractivity contribution in [1.29, 1.82) is 0 Å². The first-order chi connectivity index (χ1) is 6.07. The molecule has 2 rings (SSSR count). The Balaban J connectivity index is 2.36. The Kier molecular flexibility index (Phi) is 2.20. The quantitative estimate of drug-likeness (QED) is 0.671. The van der Waals surface area contributed by atoms with Gasteiger partial charge >= 0.3 is 0 Å². The number of hydrogen-bond acceptors (Lipinski definition) is 2. The number of rotatable bonds is 0. The van der Waals surface area contributed by atoms with E-state index in [2.05, 4.69) is 32.2 Å². The summed E-state index contributed by atoms with van der Waals surface area (Å²) in [6, 6.07) is 2.40. The summed E-state index contributed by atoms with van der Waals surface area (Å²) in [5.74, 6) is 0. The van der Waals surface area contributed by atoms with Crippen LogP contribution in [0.2, 0.25) is 0 Å². The zero-order valence-electron chi connectivity index (χ0n) is 8.61. The van der Waals surface area contributed by atoms with Gasteiger partial charge in [0, 0.05) is 16.3 Å². The van der Waals surface area contributed by atoms with Crippen molar-refractivity contribution in [1.82, 2.24) is 5.32 Å². The highest BCUT2D eigenvalue weighted by Crippen LogP contribution is 2.33. The second-order valence-electron chi connectivity index (χ2n) is 4.74. The summed E-state index contributed by atoms with van der Waals surface area (Å²) in [6.45, 7) is 9.09. The van der Waals surface area contributed by atoms with Crippen LogP contribution in [0.1, 0.15) is 36.1 Å². The van der Waals surface area contributed by atoms with E-state index in [-0.39, 0.29) is 0 Å². The molecule has 2 heteroatoms. The van der Waals surface area contributed by atoms with Gasteiger partial charge in [-0.05, 0) is 30.0 Å². The third-order valence-corrected chi connectivity index (χ3v) is 4.10. The van der Waals surface area contributed by atoms with Gasteiger partial charge in [-0.2, -0.15) is 0 Å². The molecule has 1 aromatic heterocycles. The summed E-state index contributed by atoms with van der Waals surface area (Å²) in [4.78, 5) is 3.08. The van der Waals surface area contributed by atoms with Crippen molar-refractivity contribution in [3.63, 3.8) is 0 Å². The van der Waals surface area contributed by atoms with E-state index in [0.717, 1.165) is 13.1 Å². The van der Waals surface area contributed by atoms with E-state index in [1.54, 1.807) is 10.4 Å². The van der Waals surface area contributed by atoms with Crippen LogP contribution in [-0.4, -0.2) is 6.54 Å². The summed E-state index contributed by atoms with van der Waals surface area (Å²) in [7, 11) is 0. The molecular formula is C11H17NS. The zero-order valence-corrected chi connectivity index (χ0v) is 9.42. The van der Waals surface area contributed by atoms with Crippen molar-refractivity contribution >= 4 is 11.3 Å². The molecule has 0 aliphatic carbocycles. The van der Waals surface area contributed by atoms with Crippen LogP contribution in [0.15, 0.2) is 6.07 Å². The van der Waals surface area contributed by atoms with Gasteiger partial charge in [0.15, 0.2) is 0 Å². The lowest BCUT2D eigenvalue weighted by molar-refractivity contribution is 0.602. The molecule has 0 saturated carbocycles. The lowest BCUT2D eigenvalue weighted by Gasteiger charge is -2.15. The summed E-state index contributed by atoms with van der Waals surface area (Å²) >= 11 is 1.98. The first kappa shape index (κ1) is 9.22. The minimum atomic E-state index is 0.321. The summed E-state index contributed by atoms with van der Waals surface area (Å²) < 4.78 is 0. The third kappa shape index (κ3) is 1.79. The van der Waals surface area contributed by atoms with Crippen molar-refractivity contribution in [3.8, 4) is 0 Å². The van der Waals surface area contributed by atoms with Crippen molar-refractivity contribution in [2.24, 2.45) is 0 Å². The highest BCUT2D eigenvalue weighted by molar-refractivity contribution is 7.12. The number of thiophene rings is 1. The number of fused-ring (bicyclic) bond motifs is 1. The van der Waals surface area contributed by atoms with E-state index in [9.17, 15) is 0 Å². The third-order valence-electron chi connectivity index (χ3n) is 2.49. The predicted octanol–water partition coefficient (Wildman–Crippen LogP) is 2.69. The summed E-state index contributed by atoms with van der Waals surface area (Å²) in [5.41, 5.74) is 1.90. The molecule has 2 heterocycles. The van der Waals surface area contributed by atoms with Crippen LogP contribution in [0.4, 0.5) is 0 Å². The molecule has 72 valence electrons. The first-order valence-corrected chi connectivity index (χ1v) is 5.72. The molecule has 0 fully saturated rings. The average Bonchev–Trinajstić information content (AvgIpc) is 2.45. The Bertz CT molecular complexity index is 283. The molecule has 0 spiro atoms. The van der Waals surface area contributed by atoms with Crippen LogP contribution in [0, 0.1) is 0 Å². The molecule has 0 radical (unpaired) electrons. The lowest BCUT2D eigenvalue weighted by atomic mass is 9.93. The minimum Gasteiger partial charge on any atom is -0.312 e. The van der Waals surface area contributed by atoms with Crippen molar-refractivity contribution in [2.75, 3.05) is 6.54 Å². The lowest BCUT2D eigenvalue weighted by Crippen LogP contribution is -2.21. The highest BCUT2D eigenvalue weighted by atomic mass is 32.1. The van der Waals surface area contributed by atoms with Gasteiger partial charge in [0.2, 0.25) is 0 Å². The molecule has 1 nitrogen and oxygen atoms in total. The van der Waals surface area contributed by atoms with E-state index >= 15 is 0 Å². The molecule has 0 unspecified atom stereocenters. The van der Waals surface area contributed by atoms with E-state index in [4.69, 9.17) is 0 Å². The molecule has 1 aromatic rings. The standard InChI is InChI=1S/C11H17NS/c1-11(2,3)10-6-8-4-5-12-7-9(8)13-10/h6,12H,4-5,7H2,1-3H3. The molecule has 13 heavy (non-hydrogen) atoms. The normalized spacial score (nSPS) is 17.2. The van der Waals surface area contributed by atoms with Crippen LogP contribution < -0.4 is 5.32 Å². The Hall–Kier alpha value is -0.340. The molecule has 0 atom stereocenters. The highest BCUT2D eigenvalue weighted by Gasteiger charge is 2.20. The second kappa shape index (κ2) is 3.10. The Labute approximate surface area is 84.2 Å².